The van der Waals surface area contributed by atoms with Crippen LogP contribution in [-0.2, 0) is 33.6 Å². The summed E-state index contributed by atoms with van der Waals surface area (Å²) in [5, 5.41) is 0. The monoisotopic (exact) mass is 365 g/mol. The van der Waals surface area contributed by atoms with Crippen molar-refractivity contribution in [2.24, 2.45) is 0 Å². The minimum Gasteiger partial charge on any atom is -0.482 e. The van der Waals surface area contributed by atoms with Crippen molar-refractivity contribution in [3.8, 4) is 5.75 Å². The molecule has 2 aromatic carbocycles. The molecule has 0 bridgehead atoms. The minimum absolute atomic E-state index is 0.0660. The maximum atomic E-state index is 12.5. The Hall–Kier alpha value is -2.82. The Labute approximate surface area is 158 Å². The third-order valence-electron chi connectivity index (χ3n) is 5.26. The van der Waals surface area contributed by atoms with Gasteiger partial charge in [0.2, 0.25) is 0 Å². The van der Waals surface area contributed by atoms with E-state index < -0.39 is 5.97 Å². The number of rotatable bonds is 5. The highest BCUT2D eigenvalue weighted by Gasteiger charge is 2.30. The average Bonchev–Trinajstić information content (AvgIpc) is 3.27. The van der Waals surface area contributed by atoms with Crippen molar-refractivity contribution in [1.82, 2.24) is 0 Å². The van der Waals surface area contributed by atoms with Gasteiger partial charge >= 0.3 is 5.97 Å². The Kier molecular flexibility index (Phi) is 4.84. The molecule has 140 valence electrons. The number of ether oxygens (including phenoxy) is 2. The van der Waals surface area contributed by atoms with Crippen LogP contribution in [0.15, 0.2) is 42.5 Å². The molecule has 0 saturated heterocycles. The van der Waals surface area contributed by atoms with Gasteiger partial charge in [0, 0.05) is 11.7 Å². The molecule has 27 heavy (non-hydrogen) atoms. The Morgan fingerprint density at radius 3 is 2.74 bits per heavy atom. The number of aryl methyl sites for hydroxylation is 2. The van der Waals surface area contributed by atoms with Gasteiger partial charge in [0.25, 0.3) is 5.91 Å². The molecule has 5 heteroatoms. The highest BCUT2D eigenvalue weighted by molar-refractivity contribution is 5.97. The lowest BCUT2D eigenvalue weighted by Crippen LogP contribution is -2.39. The summed E-state index contributed by atoms with van der Waals surface area (Å²) >= 11 is 0. The lowest BCUT2D eigenvalue weighted by molar-refractivity contribution is -0.149. The molecule has 2 aromatic rings. The quantitative estimate of drug-likeness (QED) is 0.764. The number of nitrogens with zero attached hydrogens (tertiary/aromatic N) is 1. The van der Waals surface area contributed by atoms with Crippen LogP contribution in [-0.4, -0.2) is 31.1 Å². The maximum Gasteiger partial charge on any atom is 0.344 e. The fraction of sp³-hybridized carbons (Fsp3) is 0.364. The second-order valence-electron chi connectivity index (χ2n) is 7.18. The lowest BCUT2D eigenvalue weighted by atomic mass is 10.1. The first kappa shape index (κ1) is 17.6. The number of esters is 1. The number of amides is 1. The van der Waals surface area contributed by atoms with Crippen molar-refractivity contribution < 1.29 is 19.1 Å². The number of hydrogen-bond donors (Lipinski definition) is 0. The molecule has 1 amide bonds. The van der Waals surface area contributed by atoms with Crippen molar-refractivity contribution in [2.45, 2.75) is 38.6 Å². The Bertz CT molecular complexity index is 876. The number of hydrogen-bond acceptors (Lipinski definition) is 4. The summed E-state index contributed by atoms with van der Waals surface area (Å²) in [6.45, 7) is 1.53. The Morgan fingerprint density at radius 1 is 1.04 bits per heavy atom. The zero-order valence-electron chi connectivity index (χ0n) is 15.4. The summed E-state index contributed by atoms with van der Waals surface area (Å²) in [7, 11) is 0. The molecule has 2 aliphatic rings. The van der Waals surface area contributed by atoms with Gasteiger partial charge in [-0.2, -0.15) is 0 Å². The second kappa shape index (κ2) is 7.43. The third-order valence-corrected chi connectivity index (χ3v) is 5.26. The molecule has 0 N–H and O–H groups in total. The molecule has 5 nitrogen and oxygen atoms in total. The highest BCUT2D eigenvalue weighted by atomic mass is 16.6. The van der Waals surface area contributed by atoms with Gasteiger partial charge in [-0.15, -0.1) is 0 Å². The summed E-state index contributed by atoms with van der Waals surface area (Å²) < 4.78 is 10.7. The number of para-hydroxylation sites is 1. The van der Waals surface area contributed by atoms with Crippen LogP contribution in [0.1, 0.15) is 30.0 Å². The van der Waals surface area contributed by atoms with Gasteiger partial charge in [-0.1, -0.05) is 24.3 Å². The van der Waals surface area contributed by atoms with Gasteiger partial charge in [-0.25, -0.2) is 4.79 Å². The van der Waals surface area contributed by atoms with Gasteiger partial charge in [0.15, 0.2) is 13.2 Å². The van der Waals surface area contributed by atoms with Gasteiger partial charge in [-0.3, -0.25) is 4.79 Å². The fourth-order valence-electron chi connectivity index (χ4n) is 3.98. The molecular weight excluding hydrogens is 342 g/mol. The molecule has 0 spiro atoms. The van der Waals surface area contributed by atoms with E-state index in [1.165, 1.54) is 17.5 Å². The largest absolute Gasteiger partial charge is 0.482 e. The van der Waals surface area contributed by atoms with Crippen LogP contribution >= 0.6 is 0 Å². The average molecular weight is 365 g/mol. The van der Waals surface area contributed by atoms with Gasteiger partial charge in [0.1, 0.15) is 5.75 Å². The zero-order chi connectivity index (χ0) is 18.8. The summed E-state index contributed by atoms with van der Waals surface area (Å²) in [4.78, 5) is 26.2. The number of benzene rings is 2. The van der Waals surface area contributed by atoms with Gasteiger partial charge < -0.3 is 14.4 Å². The number of anilines is 1. The van der Waals surface area contributed by atoms with Crippen LogP contribution < -0.4 is 9.64 Å². The molecule has 0 fully saturated rings. The summed E-state index contributed by atoms with van der Waals surface area (Å²) in [5.41, 5.74) is 4.69. The van der Waals surface area contributed by atoms with Gasteiger partial charge in [-0.05, 0) is 67.5 Å². The lowest BCUT2D eigenvalue weighted by Gasteiger charge is -2.22. The fourth-order valence-corrected chi connectivity index (χ4v) is 3.98. The molecule has 1 atom stereocenters. The normalized spacial score (nSPS) is 17.4. The molecule has 0 saturated carbocycles. The smallest absolute Gasteiger partial charge is 0.344 e. The molecule has 0 aromatic heterocycles. The van der Waals surface area contributed by atoms with E-state index in [9.17, 15) is 9.59 Å². The van der Waals surface area contributed by atoms with Crippen molar-refractivity contribution in [3.63, 3.8) is 0 Å². The molecule has 1 heterocycles. The van der Waals surface area contributed by atoms with Crippen molar-refractivity contribution >= 4 is 17.6 Å². The van der Waals surface area contributed by atoms with E-state index in [0.29, 0.717) is 5.75 Å². The van der Waals surface area contributed by atoms with Crippen molar-refractivity contribution in [3.05, 3.63) is 59.2 Å². The second-order valence-corrected chi connectivity index (χ2v) is 7.18. The standard InChI is InChI=1S/C22H23NO4/c1-15-11-18-5-2-3-8-20(18)23(15)21(24)13-27-22(25)14-26-19-10-9-16-6-4-7-17(16)12-19/h2-3,5,8-10,12,15H,4,6-7,11,13-14H2,1H3/t15-/m1/s1. The molecule has 1 aliphatic carbocycles. The Balaban J connectivity index is 1.29. The topological polar surface area (TPSA) is 55.8 Å². The van der Waals surface area contributed by atoms with E-state index in [2.05, 4.69) is 6.07 Å². The van der Waals surface area contributed by atoms with Crippen molar-refractivity contribution in [2.75, 3.05) is 18.1 Å². The molecule has 0 radical (unpaired) electrons. The van der Waals surface area contributed by atoms with E-state index in [4.69, 9.17) is 9.47 Å². The molecule has 0 unspecified atom stereocenters. The number of fused-ring (bicyclic) bond motifs is 2. The van der Waals surface area contributed by atoms with E-state index >= 15 is 0 Å². The van der Waals surface area contributed by atoms with Crippen LogP contribution in [0.4, 0.5) is 5.69 Å². The van der Waals surface area contributed by atoms with Crippen LogP contribution in [0.2, 0.25) is 0 Å². The zero-order valence-corrected chi connectivity index (χ0v) is 15.4. The Morgan fingerprint density at radius 2 is 1.85 bits per heavy atom. The first-order chi connectivity index (χ1) is 13.1. The summed E-state index contributed by atoms with van der Waals surface area (Å²) in [6, 6.07) is 13.8. The first-order valence-electron chi connectivity index (χ1n) is 9.42. The summed E-state index contributed by atoms with van der Waals surface area (Å²) in [6.07, 6.45) is 4.15. The summed E-state index contributed by atoms with van der Waals surface area (Å²) in [5.74, 6) is -0.0802. The van der Waals surface area contributed by atoms with Gasteiger partial charge in [0.05, 0.1) is 0 Å². The van der Waals surface area contributed by atoms with Crippen LogP contribution in [0.25, 0.3) is 0 Å². The number of carbonyl (C=O) groups is 2. The minimum atomic E-state index is -0.538. The molecule has 1 aliphatic heterocycles. The van der Waals surface area contributed by atoms with Crippen molar-refractivity contribution in [1.29, 1.82) is 0 Å². The molecular formula is C22H23NO4. The highest BCUT2D eigenvalue weighted by Crippen LogP contribution is 2.31. The van der Waals surface area contributed by atoms with E-state index in [1.807, 2.05) is 43.3 Å². The first-order valence-corrected chi connectivity index (χ1v) is 9.42. The number of carbonyl (C=O) groups excluding carboxylic acids is 2. The van der Waals surface area contributed by atoms with E-state index in [1.54, 1.807) is 4.90 Å². The maximum absolute atomic E-state index is 12.5. The van der Waals surface area contributed by atoms with Crippen LogP contribution in [0, 0.1) is 0 Å². The predicted molar refractivity (Wildman–Crippen MR) is 102 cm³/mol. The van der Waals surface area contributed by atoms with Crippen LogP contribution in [0.5, 0.6) is 5.75 Å². The van der Waals surface area contributed by atoms with E-state index in [0.717, 1.165) is 30.5 Å². The molecule has 4 rings (SSSR count). The van der Waals surface area contributed by atoms with E-state index in [-0.39, 0.29) is 25.2 Å². The predicted octanol–water partition coefficient (Wildman–Crippen LogP) is 3.08. The third kappa shape index (κ3) is 3.68. The van der Waals surface area contributed by atoms with Crippen LogP contribution in [0.3, 0.4) is 0 Å². The SMILES string of the molecule is C[C@@H]1Cc2ccccc2N1C(=O)COC(=O)COc1ccc2c(c1)CCC2.